The first-order valence-corrected chi connectivity index (χ1v) is 6.50. The predicted octanol–water partition coefficient (Wildman–Crippen LogP) is 3.08. The van der Waals surface area contributed by atoms with Crippen LogP contribution < -0.4 is 0 Å². The molecule has 0 saturated carbocycles. The third-order valence-electron chi connectivity index (χ3n) is 2.76. The maximum Gasteiger partial charge on any atom is 0.337 e. The molecule has 0 aromatic heterocycles. The summed E-state index contributed by atoms with van der Waals surface area (Å²) in [5.74, 6) is -0.293. The number of halogens is 1. The number of ether oxygens (including phenoxy) is 1. The summed E-state index contributed by atoms with van der Waals surface area (Å²) in [5, 5.41) is 0. The summed E-state index contributed by atoms with van der Waals surface area (Å²) >= 11 is 3.51. The average molecular weight is 300 g/mol. The molecule has 0 bridgehead atoms. The van der Waals surface area contributed by atoms with E-state index in [0.717, 1.165) is 29.7 Å². The molecule has 0 unspecified atom stereocenters. The number of hydrogen-bond donors (Lipinski definition) is 0. The topological polar surface area (TPSA) is 29.5 Å². The fraction of sp³-hybridized carbons (Fsp3) is 0.462. The largest absolute Gasteiger partial charge is 0.465 e. The highest BCUT2D eigenvalue weighted by atomic mass is 79.9. The van der Waals surface area contributed by atoms with Crippen molar-refractivity contribution in [2.45, 2.75) is 20.4 Å². The molecular formula is C13H18BrNO2. The van der Waals surface area contributed by atoms with Crippen LogP contribution in [0.5, 0.6) is 0 Å². The zero-order chi connectivity index (χ0) is 12.8. The maximum absolute atomic E-state index is 11.5. The Balaban J connectivity index is 2.94. The molecule has 0 aliphatic carbocycles. The van der Waals surface area contributed by atoms with Crippen molar-refractivity contribution in [3.8, 4) is 0 Å². The minimum Gasteiger partial charge on any atom is -0.465 e. The van der Waals surface area contributed by atoms with E-state index in [4.69, 9.17) is 4.74 Å². The van der Waals surface area contributed by atoms with Gasteiger partial charge in [-0.2, -0.15) is 0 Å². The van der Waals surface area contributed by atoms with Crippen LogP contribution in [0.1, 0.15) is 29.8 Å². The van der Waals surface area contributed by atoms with Gasteiger partial charge in [-0.15, -0.1) is 0 Å². The second kappa shape index (κ2) is 6.77. The van der Waals surface area contributed by atoms with Gasteiger partial charge < -0.3 is 4.74 Å². The molecule has 0 atom stereocenters. The molecule has 17 heavy (non-hydrogen) atoms. The van der Waals surface area contributed by atoms with Crippen LogP contribution in [0, 0.1) is 0 Å². The molecule has 94 valence electrons. The third kappa shape index (κ3) is 3.82. The van der Waals surface area contributed by atoms with Gasteiger partial charge >= 0.3 is 5.97 Å². The Morgan fingerprint density at radius 3 is 2.53 bits per heavy atom. The smallest absolute Gasteiger partial charge is 0.337 e. The Bertz CT molecular complexity index is 389. The van der Waals surface area contributed by atoms with Crippen molar-refractivity contribution in [2.24, 2.45) is 0 Å². The van der Waals surface area contributed by atoms with Crippen molar-refractivity contribution < 1.29 is 9.53 Å². The number of hydrogen-bond acceptors (Lipinski definition) is 3. The first-order valence-electron chi connectivity index (χ1n) is 5.71. The second-order valence-corrected chi connectivity index (χ2v) is 4.61. The van der Waals surface area contributed by atoms with Crippen LogP contribution in [0.25, 0.3) is 0 Å². The highest BCUT2D eigenvalue weighted by molar-refractivity contribution is 9.10. The van der Waals surface area contributed by atoms with Crippen LogP contribution in [0.2, 0.25) is 0 Å². The lowest BCUT2D eigenvalue weighted by atomic mass is 10.1. The van der Waals surface area contributed by atoms with E-state index in [0.29, 0.717) is 5.56 Å². The molecule has 3 nitrogen and oxygen atoms in total. The molecule has 1 rings (SSSR count). The number of nitrogens with zero attached hydrogens (tertiary/aromatic N) is 1. The summed E-state index contributed by atoms with van der Waals surface area (Å²) in [6, 6.07) is 5.54. The summed E-state index contributed by atoms with van der Waals surface area (Å²) in [6.45, 7) is 7.07. The molecule has 1 aromatic carbocycles. The Labute approximate surface area is 111 Å². The van der Waals surface area contributed by atoms with Gasteiger partial charge in [0, 0.05) is 11.0 Å². The van der Waals surface area contributed by atoms with E-state index in [1.165, 1.54) is 7.11 Å². The van der Waals surface area contributed by atoms with Crippen molar-refractivity contribution in [3.05, 3.63) is 33.8 Å². The Hall–Kier alpha value is -0.870. The van der Waals surface area contributed by atoms with Gasteiger partial charge in [0.05, 0.1) is 12.7 Å². The molecule has 0 saturated heterocycles. The van der Waals surface area contributed by atoms with Gasteiger partial charge in [-0.3, -0.25) is 4.90 Å². The standard InChI is InChI=1S/C13H18BrNO2/c1-4-15(5-2)9-11-8-10(13(16)17-3)6-7-12(11)14/h6-8H,4-5,9H2,1-3H3. The molecule has 0 N–H and O–H groups in total. The van der Waals surface area contributed by atoms with E-state index in [9.17, 15) is 4.79 Å². The van der Waals surface area contributed by atoms with Crippen LogP contribution in [0.15, 0.2) is 22.7 Å². The Morgan fingerprint density at radius 1 is 1.35 bits per heavy atom. The first-order chi connectivity index (χ1) is 8.12. The van der Waals surface area contributed by atoms with E-state index < -0.39 is 0 Å². The van der Waals surface area contributed by atoms with Crippen LogP contribution in [0.4, 0.5) is 0 Å². The number of benzene rings is 1. The van der Waals surface area contributed by atoms with E-state index in [1.54, 1.807) is 6.07 Å². The van der Waals surface area contributed by atoms with Crippen LogP contribution in [-0.4, -0.2) is 31.1 Å². The third-order valence-corrected chi connectivity index (χ3v) is 3.53. The molecule has 1 aromatic rings. The summed E-state index contributed by atoms with van der Waals surface area (Å²) in [4.78, 5) is 13.7. The lowest BCUT2D eigenvalue weighted by Gasteiger charge is -2.19. The Kier molecular flexibility index (Phi) is 5.65. The van der Waals surface area contributed by atoms with Crippen molar-refractivity contribution in [1.29, 1.82) is 0 Å². The lowest BCUT2D eigenvalue weighted by Crippen LogP contribution is -2.22. The molecule has 0 amide bonds. The normalized spacial score (nSPS) is 10.6. The van der Waals surface area contributed by atoms with Crippen molar-refractivity contribution in [1.82, 2.24) is 4.90 Å². The summed E-state index contributed by atoms with van der Waals surface area (Å²) < 4.78 is 5.75. The fourth-order valence-corrected chi connectivity index (χ4v) is 2.00. The van der Waals surface area contributed by atoms with Gasteiger partial charge in [-0.05, 0) is 36.9 Å². The zero-order valence-electron chi connectivity index (χ0n) is 10.5. The number of methoxy groups -OCH3 is 1. The van der Waals surface area contributed by atoms with Gasteiger partial charge in [0.1, 0.15) is 0 Å². The predicted molar refractivity (Wildman–Crippen MR) is 72.1 cm³/mol. The van der Waals surface area contributed by atoms with Crippen LogP contribution in [0.3, 0.4) is 0 Å². The highest BCUT2D eigenvalue weighted by Crippen LogP contribution is 2.20. The van der Waals surface area contributed by atoms with Crippen molar-refractivity contribution in [3.63, 3.8) is 0 Å². The van der Waals surface area contributed by atoms with Crippen molar-refractivity contribution >= 4 is 21.9 Å². The summed E-state index contributed by atoms with van der Waals surface area (Å²) in [5.41, 5.74) is 1.70. The molecule has 0 aliphatic rings. The summed E-state index contributed by atoms with van der Waals surface area (Å²) in [6.07, 6.45) is 0. The van der Waals surface area contributed by atoms with Gasteiger partial charge in [-0.1, -0.05) is 29.8 Å². The molecule has 4 heteroatoms. The minimum absolute atomic E-state index is 0.293. The molecule has 0 aliphatic heterocycles. The molecule has 0 heterocycles. The quantitative estimate of drug-likeness (QED) is 0.783. The molecule has 0 radical (unpaired) electrons. The van der Waals surface area contributed by atoms with E-state index in [-0.39, 0.29) is 5.97 Å². The monoisotopic (exact) mass is 299 g/mol. The fourth-order valence-electron chi connectivity index (χ4n) is 1.63. The highest BCUT2D eigenvalue weighted by Gasteiger charge is 2.10. The van der Waals surface area contributed by atoms with Gasteiger partial charge in [0.2, 0.25) is 0 Å². The van der Waals surface area contributed by atoms with Crippen LogP contribution >= 0.6 is 15.9 Å². The average Bonchev–Trinajstić information content (AvgIpc) is 2.36. The van der Waals surface area contributed by atoms with Crippen LogP contribution in [-0.2, 0) is 11.3 Å². The minimum atomic E-state index is -0.293. The number of carbonyl (C=O) groups is 1. The molecule has 0 fully saturated rings. The second-order valence-electron chi connectivity index (χ2n) is 3.76. The Morgan fingerprint density at radius 2 is 2.00 bits per heavy atom. The summed E-state index contributed by atoms with van der Waals surface area (Å²) in [7, 11) is 1.40. The van der Waals surface area contributed by atoms with Gasteiger partial charge in [-0.25, -0.2) is 4.79 Å². The zero-order valence-corrected chi connectivity index (χ0v) is 12.1. The lowest BCUT2D eigenvalue weighted by molar-refractivity contribution is 0.0600. The number of esters is 1. The van der Waals surface area contributed by atoms with E-state index in [1.807, 2.05) is 12.1 Å². The van der Waals surface area contributed by atoms with Gasteiger partial charge in [0.15, 0.2) is 0 Å². The maximum atomic E-state index is 11.5. The van der Waals surface area contributed by atoms with Crippen molar-refractivity contribution in [2.75, 3.05) is 20.2 Å². The first kappa shape index (κ1) is 14.2. The number of carbonyl (C=O) groups excluding carboxylic acids is 1. The SMILES string of the molecule is CCN(CC)Cc1cc(C(=O)OC)ccc1Br. The number of rotatable bonds is 5. The van der Waals surface area contributed by atoms with E-state index >= 15 is 0 Å². The molecule has 0 spiro atoms. The van der Waals surface area contributed by atoms with Gasteiger partial charge in [0.25, 0.3) is 0 Å². The van der Waals surface area contributed by atoms with E-state index in [2.05, 4.69) is 34.7 Å². The molecular weight excluding hydrogens is 282 g/mol.